The van der Waals surface area contributed by atoms with Crippen molar-refractivity contribution in [3.8, 4) is 6.01 Å². The Bertz CT molecular complexity index is 1290. The Morgan fingerprint density at radius 1 is 1.22 bits per heavy atom. The van der Waals surface area contributed by atoms with Crippen LogP contribution in [0.15, 0.2) is 6.07 Å². The van der Waals surface area contributed by atoms with E-state index in [2.05, 4.69) is 28.2 Å². The fourth-order valence-electron chi connectivity index (χ4n) is 4.89. The van der Waals surface area contributed by atoms with Crippen LogP contribution < -0.4 is 9.64 Å². The molecule has 5 rings (SSSR count). The van der Waals surface area contributed by atoms with E-state index in [1.807, 2.05) is 23.6 Å². The minimum atomic E-state index is -4.55. The molecular formula is C24H30F3N7O2S. The number of aryl methyl sites for hydroxylation is 1. The molecule has 37 heavy (non-hydrogen) atoms. The second-order valence-electron chi connectivity index (χ2n) is 9.93. The van der Waals surface area contributed by atoms with Gasteiger partial charge >= 0.3 is 12.2 Å². The lowest BCUT2D eigenvalue weighted by Gasteiger charge is -2.29. The molecule has 9 nitrogen and oxygen atoms in total. The summed E-state index contributed by atoms with van der Waals surface area (Å²) < 4.78 is 47.1. The summed E-state index contributed by atoms with van der Waals surface area (Å²) in [6.07, 6.45) is -1.80. The normalized spacial score (nSPS) is 18.2. The van der Waals surface area contributed by atoms with Gasteiger partial charge in [0.05, 0.1) is 18.5 Å². The molecule has 1 fully saturated rings. The number of hydrogen-bond donors (Lipinski definition) is 0. The lowest BCUT2D eigenvalue weighted by Crippen LogP contribution is -2.36. The van der Waals surface area contributed by atoms with E-state index in [1.54, 1.807) is 11.3 Å². The third-order valence-corrected chi connectivity index (χ3v) is 7.83. The summed E-state index contributed by atoms with van der Waals surface area (Å²) in [5.41, 5.74) is 0. The average molecular weight is 538 g/mol. The van der Waals surface area contributed by atoms with E-state index >= 15 is 0 Å². The number of alkyl halides is 3. The Morgan fingerprint density at radius 2 is 2.03 bits per heavy atom. The molecule has 0 N–H and O–H groups in total. The summed E-state index contributed by atoms with van der Waals surface area (Å²) in [6, 6.07) is 2.30. The van der Waals surface area contributed by atoms with Crippen LogP contribution >= 0.6 is 11.3 Å². The Labute approximate surface area is 216 Å². The van der Waals surface area contributed by atoms with Gasteiger partial charge in [0.15, 0.2) is 5.82 Å². The number of carbonyl (C=O) groups excluding carboxylic acids is 1. The first-order valence-corrected chi connectivity index (χ1v) is 13.4. The number of rotatable bonds is 7. The summed E-state index contributed by atoms with van der Waals surface area (Å²) in [6.45, 7) is 8.25. The van der Waals surface area contributed by atoms with Crippen molar-refractivity contribution in [3.05, 3.63) is 22.6 Å². The number of anilines is 1. The first kappa shape index (κ1) is 25.7. The molecule has 2 aliphatic rings. The van der Waals surface area contributed by atoms with Gasteiger partial charge in [0.1, 0.15) is 10.6 Å². The number of nitrogens with zero attached hydrogens (tertiary/aromatic N) is 7. The summed E-state index contributed by atoms with van der Waals surface area (Å²) in [4.78, 5) is 27.4. The number of thiophene rings is 1. The number of likely N-dealkylation sites (tertiary alicyclic amines) is 1. The average Bonchev–Trinajstić information content (AvgIpc) is 3.58. The maximum absolute atomic E-state index is 13.3. The second kappa shape index (κ2) is 10.1. The predicted molar refractivity (Wildman–Crippen MR) is 133 cm³/mol. The second-order valence-corrected chi connectivity index (χ2v) is 11.0. The molecule has 0 bridgehead atoms. The minimum Gasteiger partial charge on any atom is -0.463 e. The zero-order valence-electron chi connectivity index (χ0n) is 21.1. The number of ether oxygens (including phenoxy) is 1. The first-order valence-electron chi connectivity index (χ1n) is 12.6. The first-order chi connectivity index (χ1) is 17.6. The highest BCUT2D eigenvalue weighted by atomic mass is 32.1. The Hall–Kier alpha value is -2.96. The maximum Gasteiger partial charge on any atom is 0.451 e. The third-order valence-electron chi connectivity index (χ3n) is 6.75. The molecule has 0 aliphatic carbocycles. The molecule has 1 saturated heterocycles. The highest BCUT2D eigenvalue weighted by Crippen LogP contribution is 2.36. The van der Waals surface area contributed by atoms with Crippen molar-refractivity contribution in [2.45, 2.75) is 59.3 Å². The Balaban J connectivity index is 1.38. The van der Waals surface area contributed by atoms with Crippen LogP contribution in [-0.2, 0) is 30.5 Å². The van der Waals surface area contributed by atoms with E-state index in [0.29, 0.717) is 25.5 Å². The van der Waals surface area contributed by atoms with Crippen molar-refractivity contribution in [1.29, 1.82) is 0 Å². The van der Waals surface area contributed by atoms with Gasteiger partial charge in [0, 0.05) is 42.9 Å². The molecule has 0 saturated carbocycles. The number of amides is 1. The molecule has 0 unspecified atom stereocenters. The summed E-state index contributed by atoms with van der Waals surface area (Å²) >= 11 is 1.58. The molecule has 13 heteroatoms. The van der Waals surface area contributed by atoms with E-state index in [-0.39, 0.29) is 42.7 Å². The molecule has 1 atom stereocenters. The summed E-state index contributed by atoms with van der Waals surface area (Å²) in [5, 5.41) is 8.05. The van der Waals surface area contributed by atoms with Crippen molar-refractivity contribution in [2.24, 2.45) is 11.8 Å². The number of halogens is 3. The largest absolute Gasteiger partial charge is 0.463 e. The molecule has 3 aromatic heterocycles. The van der Waals surface area contributed by atoms with Gasteiger partial charge in [-0.2, -0.15) is 23.1 Å². The number of fused-ring (bicyclic) bond motifs is 2. The topological polar surface area (TPSA) is 89.3 Å². The van der Waals surface area contributed by atoms with Crippen molar-refractivity contribution in [1.82, 2.24) is 29.6 Å². The van der Waals surface area contributed by atoms with Crippen LogP contribution in [0.3, 0.4) is 0 Å². The molecule has 0 radical (unpaired) electrons. The lowest BCUT2D eigenvalue weighted by atomic mass is 10.1. The van der Waals surface area contributed by atoms with Gasteiger partial charge in [0.2, 0.25) is 11.7 Å². The predicted octanol–water partition coefficient (Wildman–Crippen LogP) is 4.16. The summed E-state index contributed by atoms with van der Waals surface area (Å²) in [7, 11) is 0. The highest BCUT2D eigenvalue weighted by molar-refractivity contribution is 7.18. The molecule has 3 aromatic rings. The molecule has 5 heterocycles. The van der Waals surface area contributed by atoms with Crippen molar-refractivity contribution in [2.75, 3.05) is 31.1 Å². The smallest absolute Gasteiger partial charge is 0.451 e. The van der Waals surface area contributed by atoms with Gasteiger partial charge < -0.3 is 19.1 Å². The monoisotopic (exact) mass is 537 g/mol. The number of hydrogen-bond acceptors (Lipinski definition) is 8. The SMILES string of the molecule is CCCc1cc2c(N3CCn4c(nnc4C(F)(F)F)C3)nc(OC[C@H]3CCN(C(=O)C(C)C)C3)nc2s1. The minimum absolute atomic E-state index is 0.0355. The van der Waals surface area contributed by atoms with Crippen LogP contribution in [0.2, 0.25) is 0 Å². The van der Waals surface area contributed by atoms with Gasteiger partial charge in [-0.1, -0.05) is 27.2 Å². The van der Waals surface area contributed by atoms with Crippen molar-refractivity contribution >= 4 is 33.3 Å². The van der Waals surface area contributed by atoms with Gasteiger partial charge in [-0.25, -0.2) is 0 Å². The van der Waals surface area contributed by atoms with Gasteiger partial charge in [0.25, 0.3) is 0 Å². The van der Waals surface area contributed by atoms with E-state index in [1.165, 1.54) is 4.88 Å². The third kappa shape index (κ3) is 5.23. The Kier molecular flexibility index (Phi) is 6.99. The van der Waals surface area contributed by atoms with Crippen LogP contribution in [0.25, 0.3) is 10.2 Å². The van der Waals surface area contributed by atoms with Crippen LogP contribution in [0.1, 0.15) is 50.1 Å². The number of carbonyl (C=O) groups is 1. The zero-order valence-corrected chi connectivity index (χ0v) is 21.9. The van der Waals surface area contributed by atoms with E-state index in [4.69, 9.17) is 9.72 Å². The highest BCUT2D eigenvalue weighted by Gasteiger charge is 2.40. The fourth-order valence-corrected chi connectivity index (χ4v) is 6.00. The Morgan fingerprint density at radius 3 is 2.76 bits per heavy atom. The molecule has 0 aromatic carbocycles. The lowest BCUT2D eigenvalue weighted by molar-refractivity contribution is -0.147. The molecule has 0 spiro atoms. The zero-order chi connectivity index (χ0) is 26.3. The molecule has 2 aliphatic heterocycles. The van der Waals surface area contributed by atoms with E-state index < -0.39 is 12.0 Å². The maximum atomic E-state index is 13.3. The van der Waals surface area contributed by atoms with E-state index in [9.17, 15) is 18.0 Å². The van der Waals surface area contributed by atoms with Crippen LogP contribution in [0.4, 0.5) is 19.0 Å². The molecule has 200 valence electrons. The summed E-state index contributed by atoms with van der Waals surface area (Å²) in [5.74, 6) is 0.213. The molecular weight excluding hydrogens is 507 g/mol. The van der Waals surface area contributed by atoms with Crippen LogP contribution in [0, 0.1) is 11.8 Å². The van der Waals surface area contributed by atoms with Gasteiger partial charge in [-0.3, -0.25) is 4.79 Å². The van der Waals surface area contributed by atoms with Crippen molar-refractivity contribution < 1.29 is 22.7 Å². The van der Waals surface area contributed by atoms with Gasteiger partial charge in [-0.15, -0.1) is 21.5 Å². The standard InChI is InChI=1S/C24H30F3N7O2S/c1-4-5-16-10-17-19(32-8-9-34-18(12-32)30-31-22(34)24(25,26)27)28-23(29-20(17)37-16)36-13-15-6-7-33(11-15)21(35)14(2)3/h10,14-15H,4-9,11-13H2,1-3H3/t15-/m0/s1. The van der Waals surface area contributed by atoms with Crippen LogP contribution in [-0.4, -0.2) is 61.8 Å². The molecule has 1 amide bonds. The fraction of sp³-hybridized carbons (Fsp3) is 0.625. The number of aromatic nitrogens is 5. The van der Waals surface area contributed by atoms with Gasteiger partial charge in [-0.05, 0) is 18.9 Å². The van der Waals surface area contributed by atoms with Crippen LogP contribution in [0.5, 0.6) is 6.01 Å². The van der Waals surface area contributed by atoms with E-state index in [0.717, 1.165) is 40.6 Å². The van der Waals surface area contributed by atoms with Crippen molar-refractivity contribution in [3.63, 3.8) is 0 Å². The quantitative estimate of drug-likeness (QED) is 0.447.